The molecule has 0 atom stereocenters. The van der Waals surface area contributed by atoms with E-state index < -0.39 is 0 Å². The van der Waals surface area contributed by atoms with Crippen LogP contribution in [0.3, 0.4) is 0 Å². The van der Waals surface area contributed by atoms with Crippen LogP contribution in [0.5, 0.6) is 0 Å². The molecule has 0 aromatic heterocycles. The Morgan fingerprint density at radius 1 is 0.312 bits per heavy atom. The van der Waals surface area contributed by atoms with Crippen molar-refractivity contribution in [3.8, 4) is 0 Å². The van der Waals surface area contributed by atoms with Gasteiger partial charge in [-0.3, -0.25) is 0 Å². The molecule has 0 radical (unpaired) electrons. The van der Waals surface area contributed by atoms with E-state index in [0.717, 1.165) is 19.3 Å². The number of hydrogen-bond donors (Lipinski definition) is 0. The standard InChI is InChI=1S/3C10H21.H2O.Zr/c3*1-3-5-7-9-10-8-6-4-2;;/h3*1,3-10H2,2H3;1H2;/q3*-1;;+4/p-1. The van der Waals surface area contributed by atoms with Crippen LogP contribution in [0.15, 0.2) is 0 Å². The summed E-state index contributed by atoms with van der Waals surface area (Å²) in [6.45, 7) is 18.2. The Balaban J connectivity index is -0.000000110. The SMILES string of the molecule is [CH2-]CCCCCCCCC.[CH2-]CCCCCCCCC.[CH2-]CCCCCCCCC.[OH-].[Zr+4]. The van der Waals surface area contributed by atoms with Crippen LogP contribution < -0.4 is 0 Å². The van der Waals surface area contributed by atoms with Crippen molar-refractivity contribution in [3.63, 3.8) is 0 Å². The van der Waals surface area contributed by atoms with Crippen molar-refractivity contribution in [3.05, 3.63) is 20.8 Å². The summed E-state index contributed by atoms with van der Waals surface area (Å²) in [5, 5.41) is 0. The van der Waals surface area contributed by atoms with Gasteiger partial charge in [-0.25, -0.2) is 0 Å². The molecule has 0 aromatic rings. The van der Waals surface area contributed by atoms with Crippen molar-refractivity contribution in [1.29, 1.82) is 0 Å². The van der Waals surface area contributed by atoms with Gasteiger partial charge in [0, 0.05) is 0 Å². The van der Waals surface area contributed by atoms with E-state index in [0.29, 0.717) is 0 Å². The Hall–Kier alpha value is 0.843. The molecule has 0 unspecified atom stereocenters. The van der Waals surface area contributed by atoms with E-state index in [2.05, 4.69) is 41.5 Å². The summed E-state index contributed by atoms with van der Waals surface area (Å²) in [6, 6.07) is 0. The first kappa shape index (κ1) is 43.0. The molecule has 0 aliphatic carbocycles. The minimum absolute atomic E-state index is 0. The van der Waals surface area contributed by atoms with Crippen LogP contribution in [0.2, 0.25) is 0 Å². The van der Waals surface area contributed by atoms with E-state index in [9.17, 15) is 0 Å². The Morgan fingerprint density at radius 3 is 0.625 bits per heavy atom. The minimum Gasteiger partial charge on any atom is -0.870 e. The number of rotatable bonds is 21. The third-order valence-corrected chi connectivity index (χ3v) is 5.56. The molecule has 0 bridgehead atoms. The normalized spacial score (nSPS) is 9.56. The summed E-state index contributed by atoms with van der Waals surface area (Å²) in [5.74, 6) is 0. The third-order valence-electron chi connectivity index (χ3n) is 5.56. The number of hydrogen-bond acceptors (Lipinski definition) is 1. The summed E-state index contributed by atoms with van der Waals surface area (Å²) >= 11 is 0. The van der Waals surface area contributed by atoms with Crippen molar-refractivity contribution in [2.75, 3.05) is 0 Å². The molecule has 0 aromatic carbocycles. The van der Waals surface area contributed by atoms with Gasteiger partial charge in [0.2, 0.25) is 0 Å². The first-order chi connectivity index (χ1) is 14.7. The van der Waals surface area contributed by atoms with Crippen LogP contribution in [0, 0.1) is 20.8 Å². The molecule has 0 saturated heterocycles. The molecule has 0 amide bonds. The molecule has 1 N–H and O–H groups in total. The van der Waals surface area contributed by atoms with Crippen LogP contribution in [0.4, 0.5) is 0 Å². The van der Waals surface area contributed by atoms with E-state index in [1.807, 2.05) is 0 Å². The minimum atomic E-state index is 0. The summed E-state index contributed by atoms with van der Waals surface area (Å²) in [7, 11) is 0. The van der Waals surface area contributed by atoms with Gasteiger partial charge in [0.25, 0.3) is 0 Å². The maximum absolute atomic E-state index is 3.82. The molecule has 0 spiro atoms. The smallest absolute Gasteiger partial charge is 0.870 e. The Morgan fingerprint density at radius 2 is 0.469 bits per heavy atom. The van der Waals surface area contributed by atoms with Crippen LogP contribution in [-0.2, 0) is 26.2 Å². The summed E-state index contributed by atoms with van der Waals surface area (Å²) < 4.78 is 0. The topological polar surface area (TPSA) is 30.0 Å². The maximum atomic E-state index is 3.82. The molecule has 0 aliphatic heterocycles. The number of unbranched alkanes of at least 4 members (excludes halogenated alkanes) is 21. The first-order valence-corrected chi connectivity index (χ1v) is 14.1. The average molecular weight is 532 g/mol. The van der Waals surface area contributed by atoms with Gasteiger partial charge in [-0.1, -0.05) is 156 Å². The second-order valence-electron chi connectivity index (χ2n) is 8.92. The molecule has 0 fully saturated rings. The zero-order valence-electron chi connectivity index (χ0n) is 23.0. The van der Waals surface area contributed by atoms with Crippen LogP contribution in [0.25, 0.3) is 0 Å². The van der Waals surface area contributed by atoms with Gasteiger partial charge in [0.15, 0.2) is 0 Å². The zero-order valence-corrected chi connectivity index (χ0v) is 25.5. The van der Waals surface area contributed by atoms with E-state index in [-0.39, 0.29) is 31.7 Å². The van der Waals surface area contributed by atoms with Crippen LogP contribution in [0.1, 0.15) is 175 Å². The van der Waals surface area contributed by atoms with E-state index in [1.54, 1.807) is 0 Å². The van der Waals surface area contributed by atoms with Crippen molar-refractivity contribution >= 4 is 0 Å². The van der Waals surface area contributed by atoms with Crippen molar-refractivity contribution in [2.45, 2.75) is 175 Å². The van der Waals surface area contributed by atoms with E-state index in [4.69, 9.17) is 0 Å². The molecule has 0 aliphatic rings. The van der Waals surface area contributed by atoms with Crippen LogP contribution >= 0.6 is 0 Å². The first-order valence-electron chi connectivity index (χ1n) is 14.1. The van der Waals surface area contributed by atoms with Gasteiger partial charge in [0.05, 0.1) is 0 Å². The second kappa shape index (κ2) is 49.1. The van der Waals surface area contributed by atoms with Gasteiger partial charge in [-0.05, 0) is 0 Å². The van der Waals surface area contributed by atoms with Crippen molar-refractivity contribution in [1.82, 2.24) is 0 Å². The van der Waals surface area contributed by atoms with Crippen LogP contribution in [-0.4, -0.2) is 5.48 Å². The molecular weight excluding hydrogens is 468 g/mol. The van der Waals surface area contributed by atoms with E-state index >= 15 is 0 Å². The fourth-order valence-corrected chi connectivity index (χ4v) is 3.40. The van der Waals surface area contributed by atoms with E-state index in [1.165, 1.54) is 135 Å². The van der Waals surface area contributed by atoms with Crippen molar-refractivity contribution in [2.24, 2.45) is 0 Å². The summed E-state index contributed by atoms with van der Waals surface area (Å²) in [5.41, 5.74) is 0. The molecule has 1 nitrogen and oxygen atoms in total. The Labute approximate surface area is 226 Å². The van der Waals surface area contributed by atoms with Gasteiger partial charge in [-0.2, -0.15) is 19.3 Å². The molecular formula is C30H64OZr. The zero-order chi connectivity index (χ0) is 23.0. The van der Waals surface area contributed by atoms with Crippen molar-refractivity contribution < 1.29 is 31.7 Å². The predicted octanol–water partition coefficient (Wildman–Crippen LogP) is 11.7. The molecule has 32 heavy (non-hydrogen) atoms. The monoisotopic (exact) mass is 530 g/mol. The van der Waals surface area contributed by atoms with Gasteiger partial charge in [-0.15, -0.1) is 0 Å². The second-order valence-corrected chi connectivity index (χ2v) is 8.92. The maximum Gasteiger partial charge on any atom is 4.00 e. The molecule has 2 heteroatoms. The van der Waals surface area contributed by atoms with Gasteiger partial charge >= 0.3 is 26.2 Å². The fraction of sp³-hybridized carbons (Fsp3) is 0.900. The molecule has 0 saturated carbocycles. The summed E-state index contributed by atoms with van der Waals surface area (Å²) in [6.07, 6.45) is 32.8. The Kier molecular flexibility index (Phi) is 65.9. The Bertz CT molecular complexity index is 171. The average Bonchev–Trinajstić information content (AvgIpc) is 2.77. The molecule has 0 rings (SSSR count). The molecule has 194 valence electrons. The van der Waals surface area contributed by atoms with Gasteiger partial charge in [0.1, 0.15) is 0 Å². The molecule has 0 heterocycles. The third kappa shape index (κ3) is 57.6. The quantitative estimate of drug-likeness (QED) is 0.107. The van der Waals surface area contributed by atoms with Gasteiger partial charge < -0.3 is 26.2 Å². The largest absolute Gasteiger partial charge is 4.00 e. The fourth-order valence-electron chi connectivity index (χ4n) is 3.40. The predicted molar refractivity (Wildman–Crippen MR) is 146 cm³/mol. The summed E-state index contributed by atoms with van der Waals surface area (Å²) in [4.78, 5) is 0.